The van der Waals surface area contributed by atoms with Gasteiger partial charge in [0.05, 0.1) is 19.2 Å². The number of rotatable bonds is 10. The highest BCUT2D eigenvalue weighted by Gasteiger charge is 2.29. The average Bonchev–Trinajstić information content (AvgIpc) is 2.72. The maximum Gasteiger partial charge on any atom is 0.407 e. The van der Waals surface area contributed by atoms with Crippen LogP contribution in [0.25, 0.3) is 0 Å². The zero-order chi connectivity index (χ0) is 23.6. The minimum absolute atomic E-state index is 0.130. The third-order valence-corrected chi connectivity index (χ3v) is 5.02. The lowest BCUT2D eigenvalue weighted by atomic mass is 9.98. The summed E-state index contributed by atoms with van der Waals surface area (Å²) < 4.78 is 10.7. The highest BCUT2D eigenvalue weighted by molar-refractivity contribution is 5.71. The summed E-state index contributed by atoms with van der Waals surface area (Å²) in [6.07, 6.45) is 0.135. The number of hydrogen-bond donors (Lipinski definition) is 1. The van der Waals surface area contributed by atoms with Gasteiger partial charge in [-0.25, -0.2) is 4.79 Å². The van der Waals surface area contributed by atoms with Crippen LogP contribution in [-0.2, 0) is 27.2 Å². The third-order valence-electron chi connectivity index (χ3n) is 5.02. The van der Waals surface area contributed by atoms with Crippen LogP contribution >= 0.6 is 0 Å². The van der Waals surface area contributed by atoms with Gasteiger partial charge in [-0.05, 0) is 52.2 Å². The molecule has 1 N–H and O–H groups in total. The fraction of sp³-hybridized carbons (Fsp3) is 0.462. The number of amides is 1. The maximum atomic E-state index is 12.6. The number of alkyl carbamates (subject to hydrolysis) is 1. The van der Waals surface area contributed by atoms with Crippen molar-refractivity contribution in [2.24, 2.45) is 0 Å². The Hall–Kier alpha value is -2.86. The summed E-state index contributed by atoms with van der Waals surface area (Å²) >= 11 is 0. The summed E-state index contributed by atoms with van der Waals surface area (Å²) in [6, 6.07) is 19.5. The first kappa shape index (κ1) is 25.4. The first-order valence-electron chi connectivity index (χ1n) is 11.1. The van der Waals surface area contributed by atoms with E-state index in [1.807, 2.05) is 93.3 Å². The Bertz CT molecular complexity index is 834. The molecule has 2 atom stereocenters. The summed E-state index contributed by atoms with van der Waals surface area (Å²) in [6.45, 7) is 10.3. The number of nitrogens with one attached hydrogen (secondary N) is 1. The third kappa shape index (κ3) is 9.10. The van der Waals surface area contributed by atoms with E-state index in [0.717, 1.165) is 11.1 Å². The standard InChI is InChI=1S/C26H36N2O4/c1-6-31-24(29)19-28(18-22-15-11-8-12-16-22)20(2)23(17-21-13-9-7-10-14-21)27-25(30)32-26(3,4)5/h7-16,20,23H,6,17-19H2,1-5H3,(H,27,30)/t20?,23-/m0/s1. The van der Waals surface area contributed by atoms with Crippen LogP contribution in [0, 0.1) is 0 Å². The Morgan fingerprint density at radius 3 is 2.06 bits per heavy atom. The molecule has 1 amide bonds. The molecule has 6 nitrogen and oxygen atoms in total. The number of ether oxygens (including phenoxy) is 2. The van der Waals surface area contributed by atoms with E-state index in [4.69, 9.17) is 9.47 Å². The lowest BCUT2D eigenvalue weighted by molar-refractivity contribution is -0.145. The molecule has 2 aromatic carbocycles. The monoisotopic (exact) mass is 440 g/mol. The second-order valence-electron chi connectivity index (χ2n) is 8.88. The molecule has 174 valence electrons. The van der Waals surface area contributed by atoms with Gasteiger partial charge in [0.15, 0.2) is 0 Å². The molecule has 0 aliphatic carbocycles. The van der Waals surface area contributed by atoms with Crippen LogP contribution in [0.3, 0.4) is 0 Å². The summed E-state index contributed by atoms with van der Waals surface area (Å²) in [5.74, 6) is -0.286. The van der Waals surface area contributed by atoms with Gasteiger partial charge in [0, 0.05) is 12.6 Å². The number of benzene rings is 2. The molecule has 0 bridgehead atoms. The lowest BCUT2D eigenvalue weighted by Gasteiger charge is -2.35. The van der Waals surface area contributed by atoms with E-state index in [0.29, 0.717) is 19.6 Å². The molecule has 2 rings (SSSR count). The van der Waals surface area contributed by atoms with Crippen molar-refractivity contribution >= 4 is 12.1 Å². The lowest BCUT2D eigenvalue weighted by Crippen LogP contribution is -2.53. The minimum Gasteiger partial charge on any atom is -0.465 e. The van der Waals surface area contributed by atoms with E-state index in [1.165, 1.54) is 0 Å². The molecule has 0 aromatic heterocycles. The Balaban J connectivity index is 2.27. The van der Waals surface area contributed by atoms with Crippen molar-refractivity contribution in [3.05, 3.63) is 71.8 Å². The van der Waals surface area contributed by atoms with Crippen LogP contribution in [0.5, 0.6) is 0 Å². The van der Waals surface area contributed by atoms with Crippen LogP contribution in [-0.4, -0.2) is 47.8 Å². The first-order chi connectivity index (χ1) is 15.2. The fourth-order valence-corrected chi connectivity index (χ4v) is 3.46. The Morgan fingerprint density at radius 2 is 1.53 bits per heavy atom. The van der Waals surface area contributed by atoms with Gasteiger partial charge in [-0.15, -0.1) is 0 Å². The van der Waals surface area contributed by atoms with E-state index < -0.39 is 11.7 Å². The zero-order valence-corrected chi connectivity index (χ0v) is 19.8. The first-order valence-corrected chi connectivity index (χ1v) is 11.1. The number of carbonyl (C=O) groups excluding carboxylic acids is 2. The van der Waals surface area contributed by atoms with Gasteiger partial charge in [0.25, 0.3) is 0 Å². The number of hydrogen-bond acceptors (Lipinski definition) is 5. The molecule has 2 aromatic rings. The van der Waals surface area contributed by atoms with Crippen molar-refractivity contribution in [2.75, 3.05) is 13.2 Å². The minimum atomic E-state index is -0.598. The molecule has 0 fully saturated rings. The summed E-state index contributed by atoms with van der Waals surface area (Å²) in [7, 11) is 0. The molecule has 0 heterocycles. The largest absolute Gasteiger partial charge is 0.465 e. The highest BCUT2D eigenvalue weighted by Crippen LogP contribution is 2.16. The summed E-state index contributed by atoms with van der Waals surface area (Å²) in [5, 5.41) is 3.04. The van der Waals surface area contributed by atoms with Gasteiger partial charge in [-0.3, -0.25) is 9.69 Å². The molecular formula is C26H36N2O4. The Kier molecular flexibility index (Phi) is 9.72. The predicted octanol–water partition coefficient (Wildman–Crippen LogP) is 4.58. The van der Waals surface area contributed by atoms with Crippen molar-refractivity contribution in [3.63, 3.8) is 0 Å². The van der Waals surface area contributed by atoms with Gasteiger partial charge >= 0.3 is 12.1 Å². The van der Waals surface area contributed by atoms with Crippen molar-refractivity contribution < 1.29 is 19.1 Å². The van der Waals surface area contributed by atoms with Crippen LogP contribution in [0.2, 0.25) is 0 Å². The van der Waals surface area contributed by atoms with Gasteiger partial charge in [-0.2, -0.15) is 0 Å². The van der Waals surface area contributed by atoms with Gasteiger partial charge in [0.1, 0.15) is 5.60 Å². The van der Waals surface area contributed by atoms with Crippen molar-refractivity contribution in [1.29, 1.82) is 0 Å². The zero-order valence-electron chi connectivity index (χ0n) is 19.8. The van der Waals surface area contributed by atoms with E-state index in [1.54, 1.807) is 6.92 Å². The number of nitrogens with zero attached hydrogens (tertiary/aromatic N) is 1. The Labute approximate surface area is 191 Å². The van der Waals surface area contributed by atoms with Gasteiger partial charge < -0.3 is 14.8 Å². The number of esters is 1. The summed E-state index contributed by atoms with van der Waals surface area (Å²) in [4.78, 5) is 27.0. The molecule has 1 unspecified atom stereocenters. The molecule has 0 saturated heterocycles. The van der Waals surface area contributed by atoms with E-state index in [-0.39, 0.29) is 24.6 Å². The fourth-order valence-electron chi connectivity index (χ4n) is 3.46. The highest BCUT2D eigenvalue weighted by atomic mass is 16.6. The van der Waals surface area contributed by atoms with Crippen LogP contribution in [0.15, 0.2) is 60.7 Å². The second-order valence-corrected chi connectivity index (χ2v) is 8.88. The maximum absolute atomic E-state index is 12.6. The van der Waals surface area contributed by atoms with Crippen LogP contribution in [0.4, 0.5) is 4.79 Å². The SMILES string of the molecule is CCOC(=O)CN(Cc1ccccc1)C(C)[C@H](Cc1ccccc1)NC(=O)OC(C)(C)C. The van der Waals surface area contributed by atoms with Gasteiger partial charge in [0.2, 0.25) is 0 Å². The van der Waals surface area contributed by atoms with Crippen molar-refractivity contribution in [2.45, 2.75) is 65.3 Å². The molecule has 0 aliphatic heterocycles. The molecule has 0 radical (unpaired) electrons. The molecular weight excluding hydrogens is 404 g/mol. The summed E-state index contributed by atoms with van der Waals surface area (Å²) in [5.41, 5.74) is 1.58. The van der Waals surface area contributed by atoms with E-state index in [9.17, 15) is 9.59 Å². The molecule has 32 heavy (non-hydrogen) atoms. The molecule has 0 saturated carbocycles. The van der Waals surface area contributed by atoms with Crippen LogP contribution in [0.1, 0.15) is 45.7 Å². The predicted molar refractivity (Wildman–Crippen MR) is 126 cm³/mol. The Morgan fingerprint density at radius 1 is 0.969 bits per heavy atom. The average molecular weight is 441 g/mol. The van der Waals surface area contributed by atoms with Gasteiger partial charge in [-0.1, -0.05) is 60.7 Å². The van der Waals surface area contributed by atoms with Crippen LogP contribution < -0.4 is 5.32 Å². The topological polar surface area (TPSA) is 67.9 Å². The van der Waals surface area contributed by atoms with Crippen molar-refractivity contribution in [1.82, 2.24) is 10.2 Å². The van der Waals surface area contributed by atoms with Crippen molar-refractivity contribution in [3.8, 4) is 0 Å². The quantitative estimate of drug-likeness (QED) is 0.548. The molecule has 0 spiro atoms. The molecule has 0 aliphatic rings. The molecule has 6 heteroatoms. The smallest absolute Gasteiger partial charge is 0.407 e. The normalized spacial score (nSPS) is 13.3. The van der Waals surface area contributed by atoms with E-state index in [2.05, 4.69) is 5.32 Å². The number of carbonyl (C=O) groups is 2. The van der Waals surface area contributed by atoms with E-state index >= 15 is 0 Å². The second kappa shape index (κ2) is 12.2.